The summed E-state index contributed by atoms with van der Waals surface area (Å²) in [5.74, 6) is 1.30. The van der Waals surface area contributed by atoms with Crippen LogP contribution in [0, 0.1) is 0 Å². The first-order valence-corrected chi connectivity index (χ1v) is 6.24. The van der Waals surface area contributed by atoms with Crippen molar-refractivity contribution in [1.29, 1.82) is 0 Å². The standard InChI is InChI=1S/C14H10ClN3O2/c1-19-14-12(9-4-6-10(15)7-5-9)17-18-13(16-14)11-3-2-8-20-11/h2-8H,1H3. The van der Waals surface area contributed by atoms with Crippen LogP contribution < -0.4 is 4.74 Å². The quantitative estimate of drug-likeness (QED) is 0.738. The summed E-state index contributed by atoms with van der Waals surface area (Å²) in [6.07, 6.45) is 1.55. The van der Waals surface area contributed by atoms with Crippen molar-refractivity contribution in [3.05, 3.63) is 47.7 Å². The maximum absolute atomic E-state index is 5.87. The Morgan fingerprint density at radius 3 is 2.55 bits per heavy atom. The van der Waals surface area contributed by atoms with E-state index in [9.17, 15) is 0 Å². The Morgan fingerprint density at radius 1 is 1.10 bits per heavy atom. The summed E-state index contributed by atoms with van der Waals surface area (Å²) in [5.41, 5.74) is 1.39. The van der Waals surface area contributed by atoms with Gasteiger partial charge in [-0.05, 0) is 24.3 Å². The zero-order valence-corrected chi connectivity index (χ0v) is 11.3. The Bertz CT molecular complexity index is 712. The fraction of sp³-hybridized carbons (Fsp3) is 0.0714. The van der Waals surface area contributed by atoms with Crippen LogP contribution in [0.5, 0.6) is 5.88 Å². The molecule has 3 rings (SSSR count). The molecule has 0 aliphatic carbocycles. The van der Waals surface area contributed by atoms with Gasteiger partial charge >= 0.3 is 0 Å². The lowest BCUT2D eigenvalue weighted by Crippen LogP contribution is -2.00. The van der Waals surface area contributed by atoms with E-state index >= 15 is 0 Å². The van der Waals surface area contributed by atoms with Crippen LogP contribution in [0.2, 0.25) is 5.02 Å². The molecule has 1 aromatic carbocycles. The third-order valence-electron chi connectivity index (χ3n) is 2.71. The minimum Gasteiger partial charge on any atom is -0.479 e. The third-order valence-corrected chi connectivity index (χ3v) is 2.96. The highest BCUT2D eigenvalue weighted by Crippen LogP contribution is 2.28. The topological polar surface area (TPSA) is 61.0 Å². The van der Waals surface area contributed by atoms with E-state index in [1.54, 1.807) is 30.5 Å². The molecule has 5 nitrogen and oxygen atoms in total. The fourth-order valence-corrected chi connectivity index (χ4v) is 1.88. The van der Waals surface area contributed by atoms with Crippen LogP contribution in [0.15, 0.2) is 47.1 Å². The second-order valence-corrected chi connectivity index (χ2v) is 4.41. The van der Waals surface area contributed by atoms with Gasteiger partial charge in [0.05, 0.1) is 13.4 Å². The zero-order valence-electron chi connectivity index (χ0n) is 10.6. The van der Waals surface area contributed by atoms with Crippen molar-refractivity contribution in [2.24, 2.45) is 0 Å². The summed E-state index contributed by atoms with van der Waals surface area (Å²) in [4.78, 5) is 4.31. The molecule has 3 aromatic rings. The first kappa shape index (κ1) is 12.6. The van der Waals surface area contributed by atoms with Crippen LogP contribution in [0.3, 0.4) is 0 Å². The number of hydrogen-bond acceptors (Lipinski definition) is 5. The van der Waals surface area contributed by atoms with Crippen molar-refractivity contribution in [3.8, 4) is 28.7 Å². The molecular formula is C14H10ClN3O2. The second kappa shape index (κ2) is 5.30. The SMILES string of the molecule is COc1nc(-c2ccco2)nnc1-c1ccc(Cl)cc1. The molecule has 0 spiro atoms. The smallest absolute Gasteiger partial charge is 0.244 e. The van der Waals surface area contributed by atoms with Gasteiger partial charge in [-0.15, -0.1) is 10.2 Å². The summed E-state index contributed by atoms with van der Waals surface area (Å²) < 4.78 is 10.5. The molecule has 0 amide bonds. The van der Waals surface area contributed by atoms with E-state index in [-0.39, 0.29) is 0 Å². The molecule has 0 N–H and O–H groups in total. The minimum atomic E-state index is 0.379. The average Bonchev–Trinajstić information content (AvgIpc) is 3.02. The molecule has 0 radical (unpaired) electrons. The van der Waals surface area contributed by atoms with Gasteiger partial charge in [-0.3, -0.25) is 0 Å². The Labute approximate surface area is 120 Å². The van der Waals surface area contributed by atoms with Gasteiger partial charge in [0, 0.05) is 10.6 Å². The predicted molar refractivity (Wildman–Crippen MR) is 74.5 cm³/mol. The lowest BCUT2D eigenvalue weighted by Gasteiger charge is -2.06. The predicted octanol–water partition coefficient (Wildman–Crippen LogP) is 3.46. The van der Waals surface area contributed by atoms with E-state index in [0.29, 0.717) is 28.2 Å². The molecule has 100 valence electrons. The molecular weight excluding hydrogens is 278 g/mol. The van der Waals surface area contributed by atoms with Crippen molar-refractivity contribution >= 4 is 11.6 Å². The highest BCUT2D eigenvalue weighted by atomic mass is 35.5. The zero-order chi connectivity index (χ0) is 13.9. The van der Waals surface area contributed by atoms with E-state index in [4.69, 9.17) is 20.8 Å². The van der Waals surface area contributed by atoms with Crippen LogP contribution in [-0.2, 0) is 0 Å². The molecule has 0 fully saturated rings. The summed E-state index contributed by atoms with van der Waals surface area (Å²) >= 11 is 5.87. The molecule has 0 saturated carbocycles. The van der Waals surface area contributed by atoms with Crippen molar-refractivity contribution in [1.82, 2.24) is 15.2 Å². The summed E-state index contributed by atoms with van der Waals surface area (Å²) in [7, 11) is 1.54. The average molecular weight is 288 g/mol. The minimum absolute atomic E-state index is 0.379. The van der Waals surface area contributed by atoms with Gasteiger partial charge in [-0.1, -0.05) is 23.7 Å². The monoisotopic (exact) mass is 287 g/mol. The molecule has 0 unspecified atom stereocenters. The molecule has 0 aliphatic rings. The Kier molecular flexibility index (Phi) is 3.35. The maximum atomic E-state index is 5.87. The molecule has 0 atom stereocenters. The van der Waals surface area contributed by atoms with E-state index < -0.39 is 0 Å². The van der Waals surface area contributed by atoms with E-state index in [0.717, 1.165) is 5.56 Å². The maximum Gasteiger partial charge on any atom is 0.244 e. The number of nitrogens with zero attached hydrogens (tertiary/aromatic N) is 3. The number of aromatic nitrogens is 3. The van der Waals surface area contributed by atoms with Gasteiger partial charge in [0.2, 0.25) is 11.7 Å². The van der Waals surface area contributed by atoms with Gasteiger partial charge in [0.15, 0.2) is 11.5 Å². The van der Waals surface area contributed by atoms with Crippen molar-refractivity contribution < 1.29 is 9.15 Å². The number of rotatable bonds is 3. The van der Waals surface area contributed by atoms with E-state index in [2.05, 4.69) is 15.2 Å². The van der Waals surface area contributed by atoms with Gasteiger partial charge < -0.3 is 9.15 Å². The molecule has 0 saturated heterocycles. The Hall–Kier alpha value is -2.40. The largest absolute Gasteiger partial charge is 0.479 e. The number of benzene rings is 1. The van der Waals surface area contributed by atoms with Crippen LogP contribution in [0.4, 0.5) is 0 Å². The molecule has 20 heavy (non-hydrogen) atoms. The number of ether oxygens (including phenoxy) is 1. The van der Waals surface area contributed by atoms with E-state index in [1.165, 1.54) is 7.11 Å². The lowest BCUT2D eigenvalue weighted by atomic mass is 10.1. The van der Waals surface area contributed by atoms with E-state index in [1.807, 2.05) is 12.1 Å². The summed E-state index contributed by atoms with van der Waals surface area (Å²) in [5, 5.41) is 8.88. The summed E-state index contributed by atoms with van der Waals surface area (Å²) in [6.45, 7) is 0. The number of furan rings is 1. The van der Waals surface area contributed by atoms with Gasteiger partial charge in [-0.25, -0.2) is 0 Å². The van der Waals surface area contributed by atoms with Crippen LogP contribution in [-0.4, -0.2) is 22.3 Å². The van der Waals surface area contributed by atoms with Crippen molar-refractivity contribution in [3.63, 3.8) is 0 Å². The Morgan fingerprint density at radius 2 is 1.90 bits per heavy atom. The fourth-order valence-electron chi connectivity index (χ4n) is 1.75. The molecule has 0 bridgehead atoms. The molecule has 6 heteroatoms. The van der Waals surface area contributed by atoms with Crippen LogP contribution in [0.25, 0.3) is 22.8 Å². The van der Waals surface area contributed by atoms with Gasteiger partial charge in [0.1, 0.15) is 0 Å². The Balaban J connectivity index is 2.06. The van der Waals surface area contributed by atoms with Crippen LogP contribution >= 0.6 is 11.6 Å². The van der Waals surface area contributed by atoms with Gasteiger partial charge in [-0.2, -0.15) is 4.98 Å². The first-order chi connectivity index (χ1) is 9.78. The lowest BCUT2D eigenvalue weighted by molar-refractivity contribution is 0.395. The number of hydrogen-bond donors (Lipinski definition) is 0. The highest BCUT2D eigenvalue weighted by Gasteiger charge is 2.14. The molecule has 2 aromatic heterocycles. The molecule has 2 heterocycles. The molecule has 0 aliphatic heterocycles. The van der Waals surface area contributed by atoms with Gasteiger partial charge in [0.25, 0.3) is 0 Å². The first-order valence-electron chi connectivity index (χ1n) is 5.86. The van der Waals surface area contributed by atoms with Crippen molar-refractivity contribution in [2.75, 3.05) is 7.11 Å². The highest BCUT2D eigenvalue weighted by molar-refractivity contribution is 6.30. The second-order valence-electron chi connectivity index (χ2n) is 3.98. The third kappa shape index (κ3) is 2.35. The summed E-state index contributed by atoms with van der Waals surface area (Å²) in [6, 6.07) is 10.7. The van der Waals surface area contributed by atoms with Crippen molar-refractivity contribution in [2.45, 2.75) is 0 Å². The number of methoxy groups -OCH3 is 1. The normalized spacial score (nSPS) is 10.5. The number of halogens is 1. The van der Waals surface area contributed by atoms with Crippen LogP contribution in [0.1, 0.15) is 0 Å².